The number of ether oxygens (including phenoxy) is 3. The Hall–Kier alpha value is 0.0800. The van der Waals surface area contributed by atoms with Gasteiger partial charge in [-0.15, -0.1) is 0 Å². The zero-order chi connectivity index (χ0) is 16.1. The number of hydrogen-bond acceptors (Lipinski definition) is 4. The first-order chi connectivity index (χ1) is 10.5. The molecule has 1 fully saturated rings. The first kappa shape index (κ1) is 18.4. The summed E-state index contributed by atoms with van der Waals surface area (Å²) in [6.07, 6.45) is 0.286. The highest BCUT2D eigenvalue weighted by Gasteiger charge is 2.35. The number of rotatable bonds is 6. The van der Waals surface area contributed by atoms with Crippen molar-refractivity contribution in [2.75, 3.05) is 6.61 Å². The van der Waals surface area contributed by atoms with E-state index in [4.69, 9.17) is 25.8 Å². The van der Waals surface area contributed by atoms with Crippen LogP contribution < -0.4 is 0 Å². The Kier molecular flexibility index (Phi) is 7.37. The third-order valence-corrected chi connectivity index (χ3v) is 5.14. The zero-order valence-electron chi connectivity index (χ0n) is 12.8. The predicted octanol–water partition coefficient (Wildman–Crippen LogP) is 3.75. The molecule has 0 bridgehead atoms. The highest BCUT2D eigenvalue weighted by atomic mass is 127. The molecular weight excluding hydrogens is 419 g/mol. The van der Waals surface area contributed by atoms with E-state index in [1.54, 1.807) is 6.92 Å². The van der Waals surface area contributed by atoms with E-state index in [-0.39, 0.29) is 18.5 Å². The summed E-state index contributed by atoms with van der Waals surface area (Å²) in [7, 11) is 0. The molecule has 0 radical (unpaired) electrons. The van der Waals surface area contributed by atoms with Gasteiger partial charge < -0.3 is 19.3 Å². The van der Waals surface area contributed by atoms with E-state index < -0.39 is 6.10 Å². The van der Waals surface area contributed by atoms with Gasteiger partial charge in [0.05, 0.1) is 24.3 Å². The van der Waals surface area contributed by atoms with Crippen LogP contribution in [-0.4, -0.2) is 36.3 Å². The van der Waals surface area contributed by atoms with Crippen molar-refractivity contribution in [3.8, 4) is 0 Å². The van der Waals surface area contributed by atoms with E-state index in [0.29, 0.717) is 18.2 Å². The Morgan fingerprint density at radius 1 is 1.50 bits per heavy atom. The van der Waals surface area contributed by atoms with Crippen LogP contribution in [0.1, 0.15) is 32.3 Å². The number of aliphatic hydroxyl groups is 1. The monoisotopic (exact) mass is 440 g/mol. The van der Waals surface area contributed by atoms with Gasteiger partial charge in [0.25, 0.3) is 0 Å². The van der Waals surface area contributed by atoms with Crippen LogP contribution >= 0.6 is 34.2 Å². The maximum Gasteiger partial charge on any atom is 0.158 e. The maximum atomic E-state index is 9.93. The molecule has 1 aliphatic heterocycles. The molecule has 2 rings (SSSR count). The normalized spacial score (nSPS) is 26.9. The molecular formula is C16H22ClIO4. The van der Waals surface area contributed by atoms with Crippen molar-refractivity contribution in [3.05, 3.63) is 32.4 Å². The van der Waals surface area contributed by atoms with Gasteiger partial charge in [-0.3, -0.25) is 0 Å². The van der Waals surface area contributed by atoms with E-state index in [0.717, 1.165) is 22.0 Å². The Morgan fingerprint density at radius 3 is 2.91 bits per heavy atom. The number of hydrogen-bond donors (Lipinski definition) is 1. The minimum Gasteiger partial charge on any atom is -0.391 e. The van der Waals surface area contributed by atoms with Crippen LogP contribution in [0.25, 0.3) is 0 Å². The van der Waals surface area contributed by atoms with E-state index in [9.17, 15) is 5.11 Å². The summed E-state index contributed by atoms with van der Waals surface area (Å²) in [4.78, 5) is 0. The standard InChI is InChI=1S/C16H22ClIO4/c1-3-4-15-21-9-14(16(22-15)10(2)19)20-8-11-5-6-13(18)12(17)7-11/h5-7,10,14-16,19H,3-4,8-9H2,1-2H3/t10?,14-,15+,16-/m1/s1. The highest BCUT2D eigenvalue weighted by molar-refractivity contribution is 14.1. The van der Waals surface area contributed by atoms with E-state index >= 15 is 0 Å². The molecule has 1 saturated heterocycles. The van der Waals surface area contributed by atoms with Crippen LogP contribution in [0.4, 0.5) is 0 Å². The third kappa shape index (κ3) is 5.04. The molecule has 0 aromatic heterocycles. The second kappa shape index (κ2) is 8.80. The van der Waals surface area contributed by atoms with E-state index in [1.165, 1.54) is 0 Å². The Bertz CT molecular complexity index is 483. The molecule has 4 atom stereocenters. The number of benzene rings is 1. The zero-order valence-corrected chi connectivity index (χ0v) is 15.7. The van der Waals surface area contributed by atoms with Crippen LogP contribution in [0.3, 0.4) is 0 Å². The van der Waals surface area contributed by atoms with Crippen molar-refractivity contribution < 1.29 is 19.3 Å². The van der Waals surface area contributed by atoms with Gasteiger partial charge in [-0.2, -0.15) is 0 Å². The minimum absolute atomic E-state index is 0.253. The quantitative estimate of drug-likeness (QED) is 0.685. The number of aliphatic hydroxyl groups excluding tert-OH is 1. The van der Waals surface area contributed by atoms with Crippen molar-refractivity contribution in [1.82, 2.24) is 0 Å². The van der Waals surface area contributed by atoms with Crippen LogP contribution in [0.5, 0.6) is 0 Å². The Balaban J connectivity index is 1.94. The molecule has 0 amide bonds. The molecule has 1 aromatic carbocycles. The topological polar surface area (TPSA) is 47.9 Å². The fourth-order valence-electron chi connectivity index (χ4n) is 2.39. The molecule has 0 spiro atoms. The molecule has 1 heterocycles. The lowest BCUT2D eigenvalue weighted by atomic mass is 10.1. The molecule has 1 unspecified atom stereocenters. The highest BCUT2D eigenvalue weighted by Crippen LogP contribution is 2.24. The van der Waals surface area contributed by atoms with Crippen LogP contribution in [-0.2, 0) is 20.8 Å². The molecule has 0 saturated carbocycles. The first-order valence-corrected chi connectivity index (χ1v) is 8.97. The smallest absolute Gasteiger partial charge is 0.158 e. The second-order valence-electron chi connectivity index (χ2n) is 5.49. The van der Waals surface area contributed by atoms with Crippen molar-refractivity contribution in [2.45, 2.75) is 57.9 Å². The van der Waals surface area contributed by atoms with E-state index in [1.807, 2.05) is 18.2 Å². The van der Waals surface area contributed by atoms with Gasteiger partial charge in [0.1, 0.15) is 12.2 Å². The van der Waals surface area contributed by atoms with Crippen LogP contribution in [0.2, 0.25) is 5.02 Å². The van der Waals surface area contributed by atoms with Crippen molar-refractivity contribution in [3.63, 3.8) is 0 Å². The predicted molar refractivity (Wildman–Crippen MR) is 93.9 cm³/mol. The maximum absolute atomic E-state index is 9.93. The Morgan fingerprint density at radius 2 is 2.27 bits per heavy atom. The average molecular weight is 441 g/mol. The summed E-state index contributed by atoms with van der Waals surface area (Å²) in [6.45, 7) is 4.64. The fraction of sp³-hybridized carbons (Fsp3) is 0.625. The van der Waals surface area contributed by atoms with Gasteiger partial charge in [-0.25, -0.2) is 0 Å². The largest absolute Gasteiger partial charge is 0.391 e. The molecule has 1 N–H and O–H groups in total. The summed E-state index contributed by atoms with van der Waals surface area (Å²) < 4.78 is 18.4. The fourth-order valence-corrected chi connectivity index (χ4v) is 2.92. The summed E-state index contributed by atoms with van der Waals surface area (Å²) in [5.74, 6) is 0. The van der Waals surface area contributed by atoms with Gasteiger partial charge in [-0.05, 0) is 53.6 Å². The first-order valence-electron chi connectivity index (χ1n) is 7.52. The molecule has 124 valence electrons. The van der Waals surface area contributed by atoms with Gasteiger partial charge in [0.15, 0.2) is 6.29 Å². The van der Waals surface area contributed by atoms with Gasteiger partial charge in [-0.1, -0.05) is 31.0 Å². The SMILES string of the molecule is CCC[C@H]1OC[C@@H](OCc2ccc(I)c(Cl)c2)[C@@H](C(C)O)O1. The summed E-state index contributed by atoms with van der Waals surface area (Å²) >= 11 is 8.30. The number of halogens is 2. The third-order valence-electron chi connectivity index (χ3n) is 3.57. The van der Waals surface area contributed by atoms with Crippen molar-refractivity contribution in [2.24, 2.45) is 0 Å². The van der Waals surface area contributed by atoms with Crippen LogP contribution in [0.15, 0.2) is 18.2 Å². The van der Waals surface area contributed by atoms with Crippen molar-refractivity contribution >= 4 is 34.2 Å². The Labute approximate surface area is 150 Å². The van der Waals surface area contributed by atoms with Crippen LogP contribution in [0, 0.1) is 3.57 Å². The lowest BCUT2D eigenvalue weighted by molar-refractivity contribution is -0.281. The molecule has 6 heteroatoms. The molecule has 4 nitrogen and oxygen atoms in total. The van der Waals surface area contributed by atoms with Gasteiger partial charge in [0, 0.05) is 3.57 Å². The van der Waals surface area contributed by atoms with Gasteiger partial charge >= 0.3 is 0 Å². The lowest BCUT2D eigenvalue weighted by Gasteiger charge is -2.37. The molecule has 1 aliphatic rings. The molecule has 22 heavy (non-hydrogen) atoms. The lowest BCUT2D eigenvalue weighted by Crippen LogP contribution is -2.50. The summed E-state index contributed by atoms with van der Waals surface area (Å²) in [6, 6.07) is 5.83. The summed E-state index contributed by atoms with van der Waals surface area (Å²) in [5, 5.41) is 10.6. The molecule has 0 aliphatic carbocycles. The van der Waals surface area contributed by atoms with E-state index in [2.05, 4.69) is 29.5 Å². The average Bonchev–Trinajstić information content (AvgIpc) is 2.49. The second-order valence-corrected chi connectivity index (χ2v) is 7.06. The minimum atomic E-state index is -0.603. The summed E-state index contributed by atoms with van der Waals surface area (Å²) in [5.41, 5.74) is 0.991. The van der Waals surface area contributed by atoms with Gasteiger partial charge in [0.2, 0.25) is 0 Å². The van der Waals surface area contributed by atoms with Crippen molar-refractivity contribution in [1.29, 1.82) is 0 Å². The molecule has 1 aromatic rings.